The molecular formula is C35H37F6N5O5. The zero-order valence-corrected chi connectivity index (χ0v) is 28.4. The summed E-state index contributed by atoms with van der Waals surface area (Å²) in [5.41, 5.74) is -1.84. The van der Waals surface area contributed by atoms with Crippen molar-refractivity contribution in [3.63, 3.8) is 0 Å². The molecule has 4 unspecified atom stereocenters. The van der Waals surface area contributed by atoms with E-state index in [0.29, 0.717) is 30.2 Å². The van der Waals surface area contributed by atoms with Crippen LogP contribution in [0, 0.1) is 19.8 Å². The monoisotopic (exact) mass is 721 g/mol. The maximum Gasteiger partial charge on any atom is 0.435 e. The van der Waals surface area contributed by atoms with Gasteiger partial charge in [0.2, 0.25) is 11.8 Å². The number of carbonyl (C=O) groups is 3. The first-order chi connectivity index (χ1) is 23.8. The van der Waals surface area contributed by atoms with Crippen molar-refractivity contribution in [2.45, 2.75) is 70.5 Å². The number of carboxylic acid groups (broad SMARTS) is 1. The normalized spacial score (nSPS) is 21.2. The van der Waals surface area contributed by atoms with Crippen LogP contribution >= 0.6 is 0 Å². The van der Waals surface area contributed by atoms with Crippen molar-refractivity contribution in [1.29, 1.82) is 0 Å². The average molecular weight is 722 g/mol. The number of carboxylic acids is 1. The molecule has 0 fully saturated rings. The van der Waals surface area contributed by atoms with Crippen LogP contribution in [-0.2, 0) is 20.6 Å². The fourth-order valence-electron chi connectivity index (χ4n) is 6.89. The molecule has 3 heterocycles. The fourth-order valence-corrected chi connectivity index (χ4v) is 6.89. The Bertz CT molecular complexity index is 1870. The summed E-state index contributed by atoms with van der Waals surface area (Å²) >= 11 is 0. The van der Waals surface area contributed by atoms with Gasteiger partial charge < -0.3 is 25.0 Å². The minimum atomic E-state index is -5.10. The van der Waals surface area contributed by atoms with Gasteiger partial charge >= 0.3 is 18.3 Å². The number of aliphatic carboxylic acids is 1. The summed E-state index contributed by atoms with van der Waals surface area (Å²) in [7, 11) is 3.52. The molecule has 2 N–H and O–H groups in total. The average Bonchev–Trinajstić information content (AvgIpc) is 3.44. The summed E-state index contributed by atoms with van der Waals surface area (Å²) in [5.74, 6) is -4.89. The van der Waals surface area contributed by atoms with E-state index in [4.69, 9.17) is 4.74 Å². The van der Waals surface area contributed by atoms with Crippen LogP contribution in [0.15, 0.2) is 54.2 Å². The number of aromatic nitrogens is 2. The molecule has 2 aliphatic heterocycles. The predicted octanol–water partition coefficient (Wildman–Crippen LogP) is 6.66. The molecule has 16 heteroatoms. The number of fused-ring (bicyclic) bond motifs is 6. The van der Waals surface area contributed by atoms with Gasteiger partial charge in [-0.3, -0.25) is 14.4 Å². The van der Waals surface area contributed by atoms with E-state index in [9.17, 15) is 45.8 Å². The van der Waals surface area contributed by atoms with Gasteiger partial charge in [0.25, 0.3) is 0 Å². The number of benzene rings is 2. The largest absolute Gasteiger partial charge is 0.481 e. The molecule has 0 spiro atoms. The Morgan fingerprint density at radius 3 is 2.39 bits per heavy atom. The molecule has 1 aromatic heterocycles. The highest BCUT2D eigenvalue weighted by atomic mass is 19.4. The van der Waals surface area contributed by atoms with Crippen molar-refractivity contribution in [2.75, 3.05) is 20.6 Å². The van der Waals surface area contributed by atoms with Crippen molar-refractivity contribution in [1.82, 2.24) is 24.9 Å². The van der Waals surface area contributed by atoms with Crippen LogP contribution in [0.25, 0.3) is 5.69 Å². The third kappa shape index (κ3) is 7.90. The molecule has 10 nitrogen and oxygen atoms in total. The maximum atomic E-state index is 14.6. The molecule has 0 saturated carbocycles. The zero-order chi connectivity index (χ0) is 37.6. The number of nitrogens with one attached hydrogen (secondary N) is 1. The Labute approximate surface area is 289 Å². The summed E-state index contributed by atoms with van der Waals surface area (Å²) in [6.07, 6.45) is -9.23. The summed E-state index contributed by atoms with van der Waals surface area (Å²) in [6, 6.07) is 4.36. The van der Waals surface area contributed by atoms with E-state index in [-0.39, 0.29) is 29.2 Å². The van der Waals surface area contributed by atoms with Crippen LogP contribution in [0.2, 0.25) is 0 Å². The van der Waals surface area contributed by atoms with Gasteiger partial charge in [0.15, 0.2) is 11.4 Å². The lowest BCUT2D eigenvalue weighted by molar-refractivity contribution is -0.147. The highest BCUT2D eigenvalue weighted by molar-refractivity contribution is 5.95. The van der Waals surface area contributed by atoms with Gasteiger partial charge in [-0.1, -0.05) is 18.2 Å². The number of halogens is 6. The van der Waals surface area contributed by atoms with E-state index < -0.39 is 77.4 Å². The van der Waals surface area contributed by atoms with Crippen molar-refractivity contribution in [3.05, 3.63) is 82.2 Å². The first kappa shape index (κ1) is 37.4. The van der Waals surface area contributed by atoms with Gasteiger partial charge in [0, 0.05) is 35.4 Å². The van der Waals surface area contributed by atoms with Crippen molar-refractivity contribution >= 4 is 17.8 Å². The van der Waals surface area contributed by atoms with Gasteiger partial charge in [0.1, 0.15) is 17.5 Å². The molecule has 2 aromatic carbocycles. The number of alkyl halides is 6. The molecule has 4 atom stereocenters. The third-order valence-corrected chi connectivity index (χ3v) is 9.05. The summed E-state index contributed by atoms with van der Waals surface area (Å²) < 4.78 is 93.8. The van der Waals surface area contributed by atoms with Crippen LogP contribution in [0.5, 0.6) is 11.5 Å². The van der Waals surface area contributed by atoms with Gasteiger partial charge in [-0.05, 0) is 89.1 Å². The Morgan fingerprint density at radius 1 is 1.06 bits per heavy atom. The molecule has 3 aromatic rings. The minimum Gasteiger partial charge on any atom is -0.481 e. The van der Waals surface area contributed by atoms with Gasteiger partial charge in [-0.15, -0.1) is 0 Å². The zero-order valence-electron chi connectivity index (χ0n) is 28.4. The molecule has 0 aliphatic carbocycles. The van der Waals surface area contributed by atoms with Crippen LogP contribution < -0.4 is 10.1 Å². The molecule has 0 saturated heterocycles. The lowest BCUT2D eigenvalue weighted by Gasteiger charge is -2.43. The second-order valence-corrected chi connectivity index (χ2v) is 13.2. The van der Waals surface area contributed by atoms with E-state index in [1.54, 1.807) is 45.0 Å². The second-order valence-electron chi connectivity index (χ2n) is 13.2. The minimum absolute atomic E-state index is 0.00277. The van der Waals surface area contributed by atoms with Crippen LogP contribution in [0.1, 0.15) is 66.2 Å². The molecule has 2 aliphatic rings. The van der Waals surface area contributed by atoms with E-state index in [2.05, 4.69) is 10.4 Å². The number of hydrogen-bond acceptors (Lipinski definition) is 6. The Morgan fingerprint density at radius 2 is 1.76 bits per heavy atom. The number of ether oxygens (including phenoxy) is 1. The van der Waals surface area contributed by atoms with Crippen molar-refractivity contribution in [3.8, 4) is 17.2 Å². The number of hydrogen-bond donors (Lipinski definition) is 2. The molecule has 5 rings (SSSR count). The van der Waals surface area contributed by atoms with E-state index in [1.807, 2.05) is 0 Å². The van der Waals surface area contributed by atoms with Crippen LogP contribution in [-0.4, -0.2) is 75.3 Å². The van der Waals surface area contributed by atoms with E-state index >= 15 is 0 Å². The summed E-state index contributed by atoms with van der Waals surface area (Å²) in [4.78, 5) is 42.9. The van der Waals surface area contributed by atoms with Gasteiger partial charge in [-0.25, -0.2) is 4.68 Å². The fraction of sp³-hybridized carbons (Fsp3) is 0.429. The first-order valence-corrected chi connectivity index (χ1v) is 16.1. The quantitative estimate of drug-likeness (QED) is 0.262. The maximum absolute atomic E-state index is 14.6. The number of rotatable bonds is 7. The topological polar surface area (TPSA) is 117 Å². The lowest BCUT2D eigenvalue weighted by Crippen LogP contribution is -2.54. The molecule has 0 radical (unpaired) electrons. The molecule has 51 heavy (non-hydrogen) atoms. The standard InChI is InChI=1S/C35H37F6N5O5/c1-18-12-19(2)30-27(13-18)51-22-9-6-8-21(14-22)31(33(50)42-26(16-29(48)49)24-17-45(30)43-32(24)35(39,40)41)46-20(3)23(10-7-11-44(4)5)25(15-28(46)47)34(36,37)38/h6,8-9,12-15,17,20,23,26,31H,7,10-11,16H2,1-5H3,(H,42,50)(H,48,49). The first-order valence-electron chi connectivity index (χ1n) is 16.1. The summed E-state index contributed by atoms with van der Waals surface area (Å²) in [6.45, 7) is 5.20. The SMILES string of the molecule is Cc1cc(C)c2c(c1)Oc1cccc(c1)C(N1C(=O)C=C(C(F)(F)F)C(CCCN(C)C)C1C)C(=O)NC(CC(=O)O)c1cn-2nc1C(F)(F)F. The molecule has 4 bridgehead atoms. The molecular weight excluding hydrogens is 684 g/mol. The van der Waals surface area contributed by atoms with E-state index in [1.165, 1.54) is 31.2 Å². The Kier molecular flexibility index (Phi) is 10.3. The Hall–Kier alpha value is -4.86. The summed E-state index contributed by atoms with van der Waals surface area (Å²) in [5, 5.41) is 16.0. The van der Waals surface area contributed by atoms with E-state index in [0.717, 1.165) is 15.8 Å². The van der Waals surface area contributed by atoms with Crippen molar-refractivity contribution < 1.29 is 50.6 Å². The highest BCUT2D eigenvalue weighted by Crippen LogP contribution is 2.44. The second kappa shape index (κ2) is 14.0. The van der Waals surface area contributed by atoms with Crippen molar-refractivity contribution in [2.24, 2.45) is 5.92 Å². The van der Waals surface area contributed by atoms with Gasteiger partial charge in [-0.2, -0.15) is 31.4 Å². The number of amides is 2. The van der Waals surface area contributed by atoms with Gasteiger partial charge in [0.05, 0.1) is 12.5 Å². The third-order valence-electron chi connectivity index (χ3n) is 9.05. The predicted molar refractivity (Wildman–Crippen MR) is 172 cm³/mol. The Balaban J connectivity index is 1.74. The molecule has 274 valence electrons. The lowest BCUT2D eigenvalue weighted by atomic mass is 9.82. The number of aryl methyl sites for hydroxylation is 2. The number of nitrogens with zero attached hydrogens (tertiary/aromatic N) is 4. The van der Waals surface area contributed by atoms with Crippen LogP contribution in [0.4, 0.5) is 26.3 Å². The highest BCUT2D eigenvalue weighted by Gasteiger charge is 2.49. The van der Waals surface area contributed by atoms with Crippen LogP contribution in [0.3, 0.4) is 0 Å². The number of carbonyl (C=O) groups excluding carboxylic acids is 2. The smallest absolute Gasteiger partial charge is 0.435 e. The molecule has 2 amide bonds.